The Morgan fingerprint density at radius 3 is 2.31 bits per heavy atom. The van der Waals surface area contributed by atoms with E-state index in [1.165, 1.54) is 30.3 Å². The van der Waals surface area contributed by atoms with E-state index >= 15 is 0 Å². The molecule has 1 atom stereocenters. The van der Waals surface area contributed by atoms with E-state index in [0.29, 0.717) is 13.1 Å². The molecule has 1 saturated heterocycles. The average molecular weight is 398 g/mol. The predicted molar refractivity (Wildman–Crippen MR) is 97.9 cm³/mol. The Morgan fingerprint density at radius 2 is 1.69 bits per heavy atom. The lowest BCUT2D eigenvalue weighted by Gasteiger charge is -2.30. The molecule has 1 aliphatic heterocycles. The van der Waals surface area contributed by atoms with Crippen LogP contribution in [0.3, 0.4) is 0 Å². The minimum Gasteiger partial charge on any atom is -0.207 e. The molecule has 0 bridgehead atoms. The van der Waals surface area contributed by atoms with Gasteiger partial charge in [-0.15, -0.1) is 0 Å². The molecule has 2 aromatic rings. The predicted octanol–water partition coefficient (Wildman–Crippen LogP) is 2.16. The maximum absolute atomic E-state index is 13.1. The molecule has 0 radical (unpaired) electrons. The van der Waals surface area contributed by atoms with Crippen molar-refractivity contribution in [3.63, 3.8) is 0 Å². The molecule has 0 unspecified atom stereocenters. The fraction of sp³-hybridized carbons (Fsp3) is 0.471. The zero-order valence-electron chi connectivity index (χ0n) is 15.1. The number of hydrogen-bond donors (Lipinski definition) is 0. The minimum absolute atomic E-state index is 0.00824. The number of aryl methyl sites for hydroxylation is 1. The fourth-order valence-corrected chi connectivity index (χ4v) is 6.79. The Labute approximate surface area is 154 Å². The SMILES string of the molecule is Cc1nn(S(=O)(=O)c2ccccc2)c(C)c1S(=O)(=O)N1CCC[C@H](C)C1. The summed E-state index contributed by atoms with van der Waals surface area (Å²) in [5.41, 5.74) is 0.310. The zero-order chi connectivity index (χ0) is 19.1. The number of benzene rings is 1. The molecule has 1 aromatic carbocycles. The normalized spacial score (nSPS) is 19.6. The van der Waals surface area contributed by atoms with Gasteiger partial charge in [-0.25, -0.2) is 8.42 Å². The molecule has 9 heteroatoms. The summed E-state index contributed by atoms with van der Waals surface area (Å²) in [6, 6.07) is 7.88. The van der Waals surface area contributed by atoms with Crippen LogP contribution in [0.25, 0.3) is 0 Å². The van der Waals surface area contributed by atoms with Crippen molar-refractivity contribution in [1.29, 1.82) is 0 Å². The van der Waals surface area contributed by atoms with Gasteiger partial charge in [-0.1, -0.05) is 25.1 Å². The summed E-state index contributed by atoms with van der Waals surface area (Å²) in [4.78, 5) is 0.0623. The lowest BCUT2D eigenvalue weighted by Crippen LogP contribution is -2.39. The average Bonchev–Trinajstić information content (AvgIpc) is 2.91. The second-order valence-electron chi connectivity index (χ2n) is 6.77. The van der Waals surface area contributed by atoms with E-state index in [0.717, 1.165) is 16.9 Å². The van der Waals surface area contributed by atoms with Crippen molar-refractivity contribution in [2.24, 2.45) is 5.92 Å². The van der Waals surface area contributed by atoms with Crippen molar-refractivity contribution in [1.82, 2.24) is 13.5 Å². The third-order valence-electron chi connectivity index (χ3n) is 4.67. The van der Waals surface area contributed by atoms with Gasteiger partial charge in [0, 0.05) is 13.1 Å². The Bertz CT molecular complexity index is 1010. The van der Waals surface area contributed by atoms with Gasteiger partial charge >= 0.3 is 0 Å². The largest absolute Gasteiger partial charge is 0.283 e. The van der Waals surface area contributed by atoms with E-state index in [1.807, 2.05) is 6.92 Å². The van der Waals surface area contributed by atoms with Crippen LogP contribution in [0.4, 0.5) is 0 Å². The van der Waals surface area contributed by atoms with Gasteiger partial charge in [0.05, 0.1) is 16.3 Å². The second-order valence-corrected chi connectivity index (χ2v) is 10.4. The van der Waals surface area contributed by atoms with E-state index < -0.39 is 20.0 Å². The summed E-state index contributed by atoms with van der Waals surface area (Å²) in [6.45, 7) is 5.93. The summed E-state index contributed by atoms with van der Waals surface area (Å²) in [6.07, 6.45) is 1.79. The number of nitrogens with zero attached hydrogens (tertiary/aromatic N) is 3. The van der Waals surface area contributed by atoms with Crippen molar-refractivity contribution in [3.05, 3.63) is 41.7 Å². The first-order valence-corrected chi connectivity index (χ1v) is 11.4. The molecule has 142 valence electrons. The van der Waals surface area contributed by atoms with Crippen molar-refractivity contribution in [2.45, 2.75) is 43.4 Å². The second kappa shape index (κ2) is 6.79. The Hall–Kier alpha value is -1.71. The van der Waals surface area contributed by atoms with Crippen LogP contribution >= 0.6 is 0 Å². The molecule has 0 N–H and O–H groups in total. The lowest BCUT2D eigenvalue weighted by atomic mass is 10.0. The quantitative estimate of drug-likeness (QED) is 0.789. The first-order chi connectivity index (χ1) is 12.2. The van der Waals surface area contributed by atoms with Gasteiger partial charge in [-0.2, -0.15) is 21.9 Å². The summed E-state index contributed by atoms with van der Waals surface area (Å²) in [5, 5.41) is 4.06. The van der Waals surface area contributed by atoms with Crippen LogP contribution in [0.2, 0.25) is 0 Å². The standard InChI is InChI=1S/C17H23N3O4S2/c1-13-8-7-11-19(12-13)26(23,24)17-14(2)18-20(15(17)3)25(21,22)16-9-5-4-6-10-16/h4-6,9-10,13H,7-8,11-12H2,1-3H3/t13-/m0/s1. The van der Waals surface area contributed by atoms with Crippen LogP contribution in [-0.4, -0.2) is 43.4 Å². The highest BCUT2D eigenvalue weighted by atomic mass is 32.2. The smallest absolute Gasteiger partial charge is 0.207 e. The number of piperidine rings is 1. The number of hydrogen-bond acceptors (Lipinski definition) is 5. The molecule has 0 saturated carbocycles. The van der Waals surface area contributed by atoms with Gasteiger partial charge in [-0.3, -0.25) is 0 Å². The fourth-order valence-electron chi connectivity index (χ4n) is 3.40. The van der Waals surface area contributed by atoms with Gasteiger partial charge in [0.15, 0.2) is 0 Å². The molecule has 7 nitrogen and oxygen atoms in total. The molecular weight excluding hydrogens is 374 g/mol. The Balaban J connectivity index is 2.09. The van der Waals surface area contributed by atoms with E-state index in [1.54, 1.807) is 18.2 Å². The van der Waals surface area contributed by atoms with Crippen LogP contribution in [0.5, 0.6) is 0 Å². The molecule has 2 heterocycles. The Morgan fingerprint density at radius 1 is 1.04 bits per heavy atom. The highest BCUT2D eigenvalue weighted by Crippen LogP contribution is 2.29. The van der Waals surface area contributed by atoms with Crippen LogP contribution in [0.15, 0.2) is 40.1 Å². The van der Waals surface area contributed by atoms with Crippen molar-refractivity contribution in [2.75, 3.05) is 13.1 Å². The van der Waals surface area contributed by atoms with Crippen molar-refractivity contribution < 1.29 is 16.8 Å². The molecular formula is C17H23N3O4S2. The molecule has 0 amide bonds. The maximum Gasteiger partial charge on any atom is 0.283 e. The van der Waals surface area contributed by atoms with E-state index in [9.17, 15) is 16.8 Å². The third-order valence-corrected chi connectivity index (χ3v) is 8.47. The van der Waals surface area contributed by atoms with E-state index in [4.69, 9.17) is 0 Å². The molecule has 1 fully saturated rings. The maximum atomic E-state index is 13.1. The summed E-state index contributed by atoms with van der Waals surface area (Å²) < 4.78 is 54.3. The van der Waals surface area contributed by atoms with Crippen LogP contribution in [-0.2, 0) is 20.0 Å². The minimum atomic E-state index is -3.95. The number of aromatic nitrogens is 2. The van der Waals surface area contributed by atoms with E-state index in [2.05, 4.69) is 5.10 Å². The molecule has 26 heavy (non-hydrogen) atoms. The Kier molecular flexibility index (Phi) is 4.98. The molecule has 3 rings (SSSR count). The number of sulfonamides is 1. The van der Waals surface area contributed by atoms with Gasteiger partial charge in [0.25, 0.3) is 10.0 Å². The first-order valence-electron chi connectivity index (χ1n) is 8.52. The monoisotopic (exact) mass is 397 g/mol. The van der Waals surface area contributed by atoms with Crippen LogP contribution in [0.1, 0.15) is 31.2 Å². The van der Waals surface area contributed by atoms with Crippen LogP contribution in [0, 0.1) is 19.8 Å². The third kappa shape index (κ3) is 3.19. The summed E-state index contributed by atoms with van der Waals surface area (Å²) in [5.74, 6) is 0.280. The first kappa shape index (κ1) is 19.1. The molecule has 0 spiro atoms. The summed E-state index contributed by atoms with van der Waals surface area (Å²) >= 11 is 0. The lowest BCUT2D eigenvalue weighted by molar-refractivity contribution is 0.281. The zero-order valence-corrected chi connectivity index (χ0v) is 16.7. The van der Waals surface area contributed by atoms with Crippen molar-refractivity contribution >= 4 is 20.0 Å². The van der Waals surface area contributed by atoms with Crippen LogP contribution < -0.4 is 0 Å². The van der Waals surface area contributed by atoms with Gasteiger partial charge < -0.3 is 0 Å². The van der Waals surface area contributed by atoms with E-state index in [-0.39, 0.29) is 27.1 Å². The highest BCUT2D eigenvalue weighted by Gasteiger charge is 2.35. The number of rotatable bonds is 4. The topological polar surface area (TPSA) is 89.3 Å². The highest BCUT2D eigenvalue weighted by molar-refractivity contribution is 7.90. The molecule has 1 aromatic heterocycles. The van der Waals surface area contributed by atoms with Gasteiger partial charge in [0.2, 0.25) is 10.0 Å². The molecule has 0 aliphatic carbocycles. The van der Waals surface area contributed by atoms with Gasteiger partial charge in [0.1, 0.15) is 4.90 Å². The summed E-state index contributed by atoms with van der Waals surface area (Å²) in [7, 11) is -7.74. The van der Waals surface area contributed by atoms with Gasteiger partial charge in [-0.05, 0) is 44.7 Å². The molecule has 1 aliphatic rings. The van der Waals surface area contributed by atoms with Crippen molar-refractivity contribution in [3.8, 4) is 0 Å².